The Morgan fingerprint density at radius 2 is 1.92 bits per heavy atom. The van der Waals surface area contributed by atoms with Gasteiger partial charge >= 0.3 is 6.09 Å². The summed E-state index contributed by atoms with van der Waals surface area (Å²) in [6.45, 7) is 13.3. The number of rotatable bonds is 9. The van der Waals surface area contributed by atoms with Crippen LogP contribution in [0, 0.1) is 0 Å². The van der Waals surface area contributed by atoms with Crippen LogP contribution in [0.1, 0.15) is 43.1 Å². The molecule has 3 aromatic rings. The first-order valence-corrected chi connectivity index (χ1v) is 11.5. The van der Waals surface area contributed by atoms with Gasteiger partial charge < -0.3 is 14.0 Å². The van der Waals surface area contributed by atoms with Crippen LogP contribution in [0.2, 0.25) is 0 Å². The van der Waals surface area contributed by atoms with E-state index in [2.05, 4.69) is 28.3 Å². The van der Waals surface area contributed by atoms with Crippen LogP contribution in [0.5, 0.6) is 5.75 Å². The molecule has 2 heterocycles. The number of hydrogen-bond acceptors (Lipinski definition) is 7. The predicted molar refractivity (Wildman–Crippen MR) is 138 cm³/mol. The highest BCUT2D eigenvalue weighted by Crippen LogP contribution is 2.26. The number of benzene rings is 1. The van der Waals surface area contributed by atoms with E-state index in [0.29, 0.717) is 35.8 Å². The van der Waals surface area contributed by atoms with Gasteiger partial charge in [0, 0.05) is 12.1 Å². The summed E-state index contributed by atoms with van der Waals surface area (Å²) in [6.07, 6.45) is 5.37. The molecule has 0 N–H and O–H groups in total. The van der Waals surface area contributed by atoms with E-state index >= 15 is 0 Å². The highest BCUT2D eigenvalue weighted by Gasteiger charge is 2.32. The van der Waals surface area contributed by atoms with Crippen molar-refractivity contribution in [1.82, 2.24) is 19.7 Å². The third-order valence-electron chi connectivity index (χ3n) is 5.07. The average Bonchev–Trinajstić information content (AvgIpc) is 3.31. The standard InChI is InChI=1S/C27H31N5O4/c1-7-9-16-31-18-28-30-24(31)22-12-10-13-23(29-22)32(26(34)36-27(3,4)5)25(33)21-17-20(35-6)15-14-19(21)11-8-2/h7-8,10,12-15,17-18H,1-2,9,11,16H2,3-6H3. The van der Waals surface area contributed by atoms with Gasteiger partial charge in [0.2, 0.25) is 0 Å². The van der Waals surface area contributed by atoms with Gasteiger partial charge in [-0.1, -0.05) is 24.3 Å². The van der Waals surface area contributed by atoms with Crippen LogP contribution in [0.25, 0.3) is 11.5 Å². The minimum Gasteiger partial charge on any atom is -0.497 e. The van der Waals surface area contributed by atoms with Crippen LogP contribution in [0.4, 0.5) is 10.6 Å². The van der Waals surface area contributed by atoms with E-state index in [4.69, 9.17) is 9.47 Å². The van der Waals surface area contributed by atoms with Crippen LogP contribution >= 0.6 is 0 Å². The first kappa shape index (κ1) is 26.3. The minimum atomic E-state index is -0.849. The number of anilines is 1. The van der Waals surface area contributed by atoms with E-state index in [1.807, 2.05) is 4.57 Å². The van der Waals surface area contributed by atoms with Crippen molar-refractivity contribution in [2.24, 2.45) is 0 Å². The van der Waals surface area contributed by atoms with Crippen LogP contribution in [0.15, 0.2) is 68.0 Å². The van der Waals surface area contributed by atoms with E-state index in [0.717, 1.165) is 11.3 Å². The van der Waals surface area contributed by atoms with E-state index < -0.39 is 17.6 Å². The van der Waals surface area contributed by atoms with Crippen LogP contribution in [-0.4, -0.2) is 44.5 Å². The molecule has 0 fully saturated rings. The minimum absolute atomic E-state index is 0.0948. The van der Waals surface area contributed by atoms with Crippen molar-refractivity contribution in [3.8, 4) is 17.3 Å². The molecular weight excluding hydrogens is 458 g/mol. The van der Waals surface area contributed by atoms with Gasteiger partial charge in [-0.2, -0.15) is 4.90 Å². The van der Waals surface area contributed by atoms with Crippen molar-refractivity contribution in [3.63, 3.8) is 0 Å². The zero-order valence-electron chi connectivity index (χ0n) is 21.1. The first-order chi connectivity index (χ1) is 17.2. The van der Waals surface area contributed by atoms with Crippen LogP contribution < -0.4 is 9.64 Å². The molecule has 9 nitrogen and oxygen atoms in total. The van der Waals surface area contributed by atoms with Gasteiger partial charge in [0.15, 0.2) is 5.82 Å². The summed E-state index contributed by atoms with van der Waals surface area (Å²) in [5.41, 5.74) is 0.578. The van der Waals surface area contributed by atoms with E-state index in [1.165, 1.54) is 7.11 Å². The number of nitrogens with zero attached hydrogens (tertiary/aromatic N) is 5. The van der Waals surface area contributed by atoms with Gasteiger partial charge in [0.1, 0.15) is 29.2 Å². The number of hydrogen-bond donors (Lipinski definition) is 0. The number of allylic oxidation sites excluding steroid dienone is 2. The second-order valence-corrected chi connectivity index (χ2v) is 8.94. The molecule has 0 unspecified atom stereocenters. The highest BCUT2D eigenvalue weighted by atomic mass is 16.6. The molecule has 0 radical (unpaired) electrons. The zero-order chi connectivity index (χ0) is 26.3. The normalized spacial score (nSPS) is 11.0. The Hall–Kier alpha value is -4.27. The predicted octanol–water partition coefficient (Wildman–Crippen LogP) is 5.24. The number of methoxy groups -OCH3 is 1. The van der Waals surface area contributed by atoms with Gasteiger partial charge in [-0.25, -0.2) is 9.78 Å². The number of amides is 2. The molecule has 0 saturated heterocycles. The molecule has 0 saturated carbocycles. The molecule has 0 bridgehead atoms. The van der Waals surface area contributed by atoms with Gasteiger partial charge in [-0.05, 0) is 63.4 Å². The highest BCUT2D eigenvalue weighted by molar-refractivity contribution is 6.19. The Labute approximate surface area is 211 Å². The summed E-state index contributed by atoms with van der Waals surface area (Å²) >= 11 is 0. The van der Waals surface area contributed by atoms with E-state index in [1.54, 1.807) is 75.6 Å². The first-order valence-electron chi connectivity index (χ1n) is 11.5. The van der Waals surface area contributed by atoms with Gasteiger partial charge in [-0.3, -0.25) is 4.79 Å². The smallest absolute Gasteiger partial charge is 0.423 e. The SMILES string of the molecule is C=CCCn1cnnc1-c1cccc(N(C(=O)OC(C)(C)C)C(=O)c2cc(OC)ccc2CC=C)n1. The lowest BCUT2D eigenvalue weighted by atomic mass is 10.0. The largest absolute Gasteiger partial charge is 0.497 e. The van der Waals surface area contributed by atoms with Gasteiger partial charge in [0.05, 0.1) is 7.11 Å². The van der Waals surface area contributed by atoms with E-state index in [-0.39, 0.29) is 11.4 Å². The Kier molecular flexibility index (Phi) is 8.37. The second-order valence-electron chi connectivity index (χ2n) is 8.94. The molecule has 0 aliphatic carbocycles. The van der Waals surface area contributed by atoms with Crippen molar-refractivity contribution in [3.05, 3.63) is 79.2 Å². The Balaban J connectivity index is 2.12. The zero-order valence-corrected chi connectivity index (χ0v) is 21.1. The van der Waals surface area contributed by atoms with Crippen LogP contribution in [0.3, 0.4) is 0 Å². The molecule has 0 aliphatic rings. The van der Waals surface area contributed by atoms with Crippen molar-refractivity contribution in [2.75, 3.05) is 12.0 Å². The molecule has 2 aromatic heterocycles. The Bertz CT molecular complexity index is 1260. The number of aromatic nitrogens is 4. The van der Waals surface area contributed by atoms with Crippen molar-refractivity contribution < 1.29 is 19.1 Å². The molecule has 188 valence electrons. The number of ether oxygens (including phenoxy) is 2. The fraction of sp³-hybridized carbons (Fsp3) is 0.296. The summed E-state index contributed by atoms with van der Waals surface area (Å²) in [6, 6.07) is 10.1. The molecule has 36 heavy (non-hydrogen) atoms. The lowest BCUT2D eigenvalue weighted by molar-refractivity contribution is 0.0563. The molecule has 1 aromatic carbocycles. The maximum atomic E-state index is 13.9. The third kappa shape index (κ3) is 6.24. The number of carbonyl (C=O) groups excluding carboxylic acids is 2. The van der Waals surface area contributed by atoms with Crippen molar-refractivity contribution >= 4 is 17.8 Å². The summed E-state index contributed by atoms with van der Waals surface area (Å²) in [4.78, 5) is 32.8. The van der Waals surface area contributed by atoms with Gasteiger partial charge in [-0.15, -0.1) is 23.4 Å². The summed E-state index contributed by atoms with van der Waals surface area (Å²) in [7, 11) is 1.51. The number of imide groups is 1. The quantitative estimate of drug-likeness (QED) is 0.379. The van der Waals surface area contributed by atoms with Crippen molar-refractivity contribution in [1.29, 1.82) is 0 Å². The fourth-order valence-corrected chi connectivity index (χ4v) is 3.44. The van der Waals surface area contributed by atoms with E-state index in [9.17, 15) is 9.59 Å². The Morgan fingerprint density at radius 1 is 1.14 bits per heavy atom. The topological polar surface area (TPSA) is 99.4 Å². The lowest BCUT2D eigenvalue weighted by Crippen LogP contribution is -2.42. The van der Waals surface area contributed by atoms with Crippen molar-refractivity contribution in [2.45, 2.75) is 45.8 Å². The van der Waals surface area contributed by atoms with Crippen LogP contribution in [-0.2, 0) is 17.7 Å². The second kappa shape index (κ2) is 11.4. The molecule has 0 spiro atoms. The third-order valence-corrected chi connectivity index (χ3v) is 5.07. The maximum Gasteiger partial charge on any atom is 0.423 e. The summed E-state index contributed by atoms with van der Waals surface area (Å²) in [5.74, 6) is 0.478. The number of pyridine rings is 1. The average molecular weight is 490 g/mol. The number of carbonyl (C=O) groups is 2. The molecule has 0 aliphatic heterocycles. The molecule has 9 heteroatoms. The summed E-state index contributed by atoms with van der Waals surface area (Å²) in [5, 5.41) is 8.16. The number of aryl methyl sites for hydroxylation is 1. The maximum absolute atomic E-state index is 13.9. The van der Waals surface area contributed by atoms with Gasteiger partial charge in [0.25, 0.3) is 5.91 Å². The Morgan fingerprint density at radius 3 is 2.58 bits per heavy atom. The molecule has 0 atom stereocenters. The molecule has 2 amide bonds. The fourth-order valence-electron chi connectivity index (χ4n) is 3.44. The lowest BCUT2D eigenvalue weighted by Gasteiger charge is -2.26. The monoisotopic (exact) mass is 489 g/mol. The molecular formula is C27H31N5O4. The molecule has 3 rings (SSSR count). The summed E-state index contributed by atoms with van der Waals surface area (Å²) < 4.78 is 12.7.